The topological polar surface area (TPSA) is 55.8 Å². The zero-order valence-electron chi connectivity index (χ0n) is 12.3. The van der Waals surface area contributed by atoms with Crippen molar-refractivity contribution in [3.8, 4) is 11.5 Å². The highest BCUT2D eigenvalue weighted by Crippen LogP contribution is 2.43. The molecule has 5 nitrogen and oxygen atoms in total. The molecule has 2 amide bonds. The number of rotatable bonds is 3. The molecule has 3 rings (SSSR count). The maximum Gasteiger partial charge on any atom is 0.237 e. The Kier molecular flexibility index (Phi) is 3.57. The SMILES string of the molecule is COc1ccc(N2C(=O)C3CCCCC3C2=O)c(OC)c1. The summed E-state index contributed by atoms with van der Waals surface area (Å²) in [6.45, 7) is 0. The van der Waals surface area contributed by atoms with Gasteiger partial charge in [0.1, 0.15) is 11.5 Å². The Bertz CT molecular complexity index is 560. The van der Waals surface area contributed by atoms with E-state index in [-0.39, 0.29) is 23.7 Å². The summed E-state index contributed by atoms with van der Waals surface area (Å²) >= 11 is 0. The number of nitrogens with zero attached hydrogens (tertiary/aromatic N) is 1. The van der Waals surface area contributed by atoms with Crippen molar-refractivity contribution in [3.63, 3.8) is 0 Å². The van der Waals surface area contributed by atoms with Gasteiger partial charge in [0.2, 0.25) is 11.8 Å². The number of anilines is 1. The van der Waals surface area contributed by atoms with Crippen LogP contribution in [0.2, 0.25) is 0 Å². The molecule has 0 aromatic heterocycles. The highest BCUT2D eigenvalue weighted by atomic mass is 16.5. The third kappa shape index (κ3) is 2.17. The number of carbonyl (C=O) groups excluding carboxylic acids is 2. The van der Waals surface area contributed by atoms with Crippen molar-refractivity contribution in [3.05, 3.63) is 18.2 Å². The van der Waals surface area contributed by atoms with Gasteiger partial charge in [0, 0.05) is 6.07 Å². The summed E-state index contributed by atoms with van der Waals surface area (Å²) in [6.07, 6.45) is 3.66. The molecule has 0 N–H and O–H groups in total. The van der Waals surface area contributed by atoms with Crippen molar-refractivity contribution in [2.24, 2.45) is 11.8 Å². The summed E-state index contributed by atoms with van der Waals surface area (Å²) in [6, 6.07) is 5.14. The molecule has 2 atom stereocenters. The Hall–Kier alpha value is -2.04. The van der Waals surface area contributed by atoms with Crippen molar-refractivity contribution in [1.82, 2.24) is 0 Å². The van der Waals surface area contributed by atoms with Gasteiger partial charge in [0.25, 0.3) is 0 Å². The number of hydrogen-bond acceptors (Lipinski definition) is 4. The molecule has 112 valence electrons. The standard InChI is InChI=1S/C16H19NO4/c1-20-10-7-8-13(14(9-10)21-2)17-15(18)11-5-3-4-6-12(11)16(17)19/h7-9,11-12H,3-6H2,1-2H3. The molecule has 1 aliphatic carbocycles. The van der Waals surface area contributed by atoms with E-state index in [9.17, 15) is 9.59 Å². The van der Waals surface area contributed by atoms with Gasteiger partial charge in [-0.05, 0) is 25.0 Å². The van der Waals surface area contributed by atoms with E-state index in [1.54, 1.807) is 25.3 Å². The largest absolute Gasteiger partial charge is 0.497 e. The number of carbonyl (C=O) groups is 2. The van der Waals surface area contributed by atoms with E-state index in [1.807, 2.05) is 0 Å². The molecule has 2 aliphatic rings. The Morgan fingerprint density at radius 3 is 2.14 bits per heavy atom. The Morgan fingerprint density at radius 2 is 1.62 bits per heavy atom. The lowest BCUT2D eigenvalue weighted by atomic mass is 9.81. The van der Waals surface area contributed by atoms with Crippen molar-refractivity contribution >= 4 is 17.5 Å². The number of benzene rings is 1. The highest BCUT2D eigenvalue weighted by molar-refractivity contribution is 6.22. The predicted octanol–water partition coefficient (Wildman–Crippen LogP) is 2.38. The summed E-state index contributed by atoms with van der Waals surface area (Å²) in [4.78, 5) is 26.5. The fraction of sp³-hybridized carbons (Fsp3) is 0.500. The Labute approximate surface area is 123 Å². The normalized spacial score (nSPS) is 25.0. The smallest absolute Gasteiger partial charge is 0.237 e. The van der Waals surface area contributed by atoms with Crippen LogP contribution in [0.5, 0.6) is 11.5 Å². The van der Waals surface area contributed by atoms with Crippen molar-refractivity contribution < 1.29 is 19.1 Å². The van der Waals surface area contributed by atoms with Crippen LogP contribution in [0.1, 0.15) is 25.7 Å². The molecule has 2 unspecified atom stereocenters. The molecule has 1 aromatic carbocycles. The van der Waals surface area contributed by atoms with E-state index in [2.05, 4.69) is 0 Å². The van der Waals surface area contributed by atoms with E-state index in [0.717, 1.165) is 25.7 Å². The molecule has 1 aliphatic heterocycles. The minimum atomic E-state index is -0.155. The van der Waals surface area contributed by atoms with E-state index in [0.29, 0.717) is 17.2 Å². The molecule has 1 saturated heterocycles. The van der Waals surface area contributed by atoms with E-state index >= 15 is 0 Å². The zero-order chi connectivity index (χ0) is 15.0. The molecule has 1 heterocycles. The number of hydrogen-bond donors (Lipinski definition) is 0. The van der Waals surface area contributed by atoms with E-state index < -0.39 is 0 Å². The van der Waals surface area contributed by atoms with Gasteiger partial charge in [-0.2, -0.15) is 0 Å². The van der Waals surface area contributed by atoms with Crippen LogP contribution in [0, 0.1) is 11.8 Å². The average molecular weight is 289 g/mol. The predicted molar refractivity (Wildman–Crippen MR) is 77.5 cm³/mol. The van der Waals surface area contributed by atoms with Crippen LogP contribution in [0.3, 0.4) is 0 Å². The molecular formula is C16H19NO4. The first kappa shape index (κ1) is 13.9. The summed E-state index contributed by atoms with van der Waals surface area (Å²) in [5.74, 6) is 0.624. The average Bonchev–Trinajstić information content (AvgIpc) is 2.79. The van der Waals surface area contributed by atoms with Crippen LogP contribution < -0.4 is 14.4 Å². The maximum atomic E-state index is 12.6. The molecule has 1 aromatic rings. The van der Waals surface area contributed by atoms with Gasteiger partial charge < -0.3 is 9.47 Å². The highest BCUT2D eigenvalue weighted by Gasteiger charge is 2.49. The fourth-order valence-corrected chi connectivity index (χ4v) is 3.37. The Balaban J connectivity index is 2.00. The zero-order valence-corrected chi connectivity index (χ0v) is 12.3. The van der Waals surface area contributed by atoms with Crippen LogP contribution >= 0.6 is 0 Å². The van der Waals surface area contributed by atoms with Crippen molar-refractivity contribution in [1.29, 1.82) is 0 Å². The third-order valence-electron chi connectivity index (χ3n) is 4.47. The molecule has 2 fully saturated rings. The number of imide groups is 1. The van der Waals surface area contributed by atoms with Gasteiger partial charge in [0.05, 0.1) is 31.7 Å². The Morgan fingerprint density at radius 1 is 1.00 bits per heavy atom. The number of methoxy groups -OCH3 is 2. The van der Waals surface area contributed by atoms with Crippen LogP contribution in [0.25, 0.3) is 0 Å². The maximum absolute atomic E-state index is 12.6. The summed E-state index contributed by atoms with van der Waals surface area (Å²) in [5, 5.41) is 0. The van der Waals surface area contributed by atoms with E-state index in [1.165, 1.54) is 12.0 Å². The van der Waals surface area contributed by atoms with Gasteiger partial charge >= 0.3 is 0 Å². The summed E-state index contributed by atoms with van der Waals surface area (Å²) in [5.41, 5.74) is 0.516. The third-order valence-corrected chi connectivity index (χ3v) is 4.47. The van der Waals surface area contributed by atoms with Gasteiger partial charge in [-0.1, -0.05) is 12.8 Å². The summed E-state index contributed by atoms with van der Waals surface area (Å²) in [7, 11) is 3.09. The lowest BCUT2D eigenvalue weighted by Gasteiger charge is -2.19. The van der Waals surface area contributed by atoms with Crippen molar-refractivity contribution in [2.75, 3.05) is 19.1 Å². The molecule has 0 radical (unpaired) electrons. The lowest BCUT2D eigenvalue weighted by Crippen LogP contribution is -2.31. The molecular weight excluding hydrogens is 270 g/mol. The van der Waals surface area contributed by atoms with Gasteiger partial charge in [-0.3, -0.25) is 9.59 Å². The van der Waals surface area contributed by atoms with Crippen LogP contribution in [0.15, 0.2) is 18.2 Å². The number of amides is 2. The second-order valence-corrected chi connectivity index (χ2v) is 5.55. The first-order valence-electron chi connectivity index (χ1n) is 7.27. The number of fused-ring (bicyclic) bond motifs is 1. The molecule has 1 saturated carbocycles. The van der Waals surface area contributed by atoms with Crippen LogP contribution in [-0.4, -0.2) is 26.0 Å². The second kappa shape index (κ2) is 5.39. The number of ether oxygens (including phenoxy) is 2. The second-order valence-electron chi connectivity index (χ2n) is 5.55. The van der Waals surface area contributed by atoms with Crippen molar-refractivity contribution in [2.45, 2.75) is 25.7 Å². The van der Waals surface area contributed by atoms with E-state index in [4.69, 9.17) is 9.47 Å². The van der Waals surface area contributed by atoms with Gasteiger partial charge in [-0.25, -0.2) is 4.90 Å². The van der Waals surface area contributed by atoms with Crippen LogP contribution in [0.4, 0.5) is 5.69 Å². The minimum absolute atomic E-state index is 0.0897. The molecule has 5 heteroatoms. The minimum Gasteiger partial charge on any atom is -0.497 e. The first-order valence-corrected chi connectivity index (χ1v) is 7.27. The first-order chi connectivity index (χ1) is 10.2. The van der Waals surface area contributed by atoms with Gasteiger partial charge in [-0.15, -0.1) is 0 Å². The monoisotopic (exact) mass is 289 g/mol. The molecule has 0 spiro atoms. The van der Waals surface area contributed by atoms with Crippen LogP contribution in [-0.2, 0) is 9.59 Å². The lowest BCUT2D eigenvalue weighted by molar-refractivity contribution is -0.122. The quantitative estimate of drug-likeness (QED) is 0.802. The van der Waals surface area contributed by atoms with Gasteiger partial charge in [0.15, 0.2) is 0 Å². The fourth-order valence-electron chi connectivity index (χ4n) is 3.37. The molecule has 0 bridgehead atoms. The molecule has 21 heavy (non-hydrogen) atoms. The summed E-state index contributed by atoms with van der Waals surface area (Å²) < 4.78 is 10.5.